The van der Waals surface area contributed by atoms with E-state index >= 15 is 0 Å². The topological polar surface area (TPSA) is 56.8 Å². The second-order valence-corrected chi connectivity index (χ2v) is 6.35. The van der Waals surface area contributed by atoms with Crippen molar-refractivity contribution >= 4 is 27.5 Å². The summed E-state index contributed by atoms with van der Waals surface area (Å²) in [7, 11) is 0. The molecule has 0 aromatic carbocycles. The van der Waals surface area contributed by atoms with Gasteiger partial charge in [0.15, 0.2) is 0 Å². The van der Waals surface area contributed by atoms with E-state index in [0.717, 1.165) is 31.4 Å². The van der Waals surface area contributed by atoms with Crippen LogP contribution in [0.1, 0.15) is 25.7 Å². The molecule has 0 radical (unpaired) electrons. The van der Waals surface area contributed by atoms with E-state index in [1.165, 1.54) is 5.57 Å². The molecule has 3 N–H and O–H groups in total. The van der Waals surface area contributed by atoms with Gasteiger partial charge in [-0.05, 0) is 37.5 Å². The van der Waals surface area contributed by atoms with Gasteiger partial charge in [0.2, 0.25) is 6.41 Å². The zero-order valence-electron chi connectivity index (χ0n) is 10.4. The van der Waals surface area contributed by atoms with Crippen molar-refractivity contribution in [1.82, 2.24) is 15.8 Å². The smallest absolute Gasteiger partial charge is 0.232 e. The number of nitrogens with one attached hydrogen (secondary N) is 2. The Morgan fingerprint density at radius 2 is 2.37 bits per heavy atom. The van der Waals surface area contributed by atoms with Gasteiger partial charge in [-0.2, -0.15) is 5.43 Å². The molecule has 1 saturated heterocycles. The highest BCUT2D eigenvalue weighted by Crippen LogP contribution is 2.35. The van der Waals surface area contributed by atoms with Crippen LogP contribution in [0.5, 0.6) is 0 Å². The van der Waals surface area contributed by atoms with Crippen molar-refractivity contribution in [2.75, 3.05) is 0 Å². The van der Waals surface area contributed by atoms with Crippen LogP contribution in [0, 0.1) is 0 Å². The fourth-order valence-corrected chi connectivity index (χ4v) is 3.55. The van der Waals surface area contributed by atoms with Gasteiger partial charge in [0.25, 0.3) is 0 Å². The molecule has 1 fully saturated rings. The number of hydrogen-bond donors (Lipinski definition) is 3. The van der Waals surface area contributed by atoms with Crippen molar-refractivity contribution in [3.8, 4) is 0 Å². The molecule has 0 saturated carbocycles. The number of alkyl halides is 2. The number of aliphatic hydroxyl groups is 1. The molecule has 3 aliphatic rings. The third kappa shape index (κ3) is 2.78. The molecule has 0 aromatic rings. The Bertz CT molecular complexity index is 418. The second kappa shape index (κ2) is 5.61. The summed E-state index contributed by atoms with van der Waals surface area (Å²) in [5.74, 6) is 0. The Hall–Kier alpha value is -0.270. The van der Waals surface area contributed by atoms with E-state index in [-0.39, 0.29) is 16.6 Å². The molecule has 0 aromatic heterocycles. The molecule has 19 heavy (non-hydrogen) atoms. The lowest BCUT2D eigenvalue weighted by Crippen LogP contribution is -2.43. The summed E-state index contributed by atoms with van der Waals surface area (Å²) in [4.78, 5) is 0.105. The molecule has 0 aliphatic carbocycles. The maximum Gasteiger partial charge on any atom is 0.232 e. The number of hydrogen-bond acceptors (Lipinski definition) is 5. The van der Waals surface area contributed by atoms with Crippen LogP contribution >= 0.6 is 27.5 Å². The minimum Gasteiger partial charge on any atom is -0.375 e. The van der Waals surface area contributed by atoms with Crippen LogP contribution in [0.3, 0.4) is 0 Å². The molecule has 4 atom stereocenters. The van der Waals surface area contributed by atoms with Gasteiger partial charge in [0.05, 0.1) is 4.83 Å². The van der Waals surface area contributed by atoms with E-state index in [0.29, 0.717) is 0 Å². The quantitative estimate of drug-likeness (QED) is 0.523. The highest BCUT2D eigenvalue weighted by molar-refractivity contribution is 9.09. The molecule has 0 spiro atoms. The predicted octanol–water partition coefficient (Wildman–Crippen LogP) is 1.70. The van der Waals surface area contributed by atoms with E-state index in [1.807, 2.05) is 11.2 Å². The van der Waals surface area contributed by atoms with Gasteiger partial charge in [0.1, 0.15) is 11.7 Å². The second-order valence-electron chi connectivity index (χ2n) is 4.90. The van der Waals surface area contributed by atoms with Crippen molar-refractivity contribution in [1.29, 1.82) is 0 Å². The van der Waals surface area contributed by atoms with Gasteiger partial charge in [-0.1, -0.05) is 33.6 Å². The largest absolute Gasteiger partial charge is 0.375 e. The lowest BCUT2D eigenvalue weighted by molar-refractivity contribution is -0.105. The standard InChI is InChI=1S/C12H17BrClN3O2/c13-11(7-4-5-9(14)15-6-7)8-2-1-3-10-17(8)16-12(18)19-10/h2,6,9-12,15-16,18H,1,3-5H2/t9-,10+,11?,12+/m1/s1. The fraction of sp³-hybridized carbons (Fsp3) is 0.667. The third-order valence-corrected chi connectivity index (χ3v) is 4.99. The van der Waals surface area contributed by atoms with Crippen molar-refractivity contribution in [2.24, 2.45) is 0 Å². The molecule has 0 bridgehead atoms. The maximum absolute atomic E-state index is 9.54. The van der Waals surface area contributed by atoms with Crippen LogP contribution in [-0.2, 0) is 4.74 Å². The number of fused-ring (bicyclic) bond motifs is 1. The molecule has 5 nitrogen and oxygen atoms in total. The lowest BCUT2D eigenvalue weighted by Gasteiger charge is -2.34. The normalized spacial score (nSPS) is 36.2. The first-order valence-corrected chi connectivity index (χ1v) is 7.82. The maximum atomic E-state index is 9.54. The molecule has 7 heteroatoms. The molecule has 1 unspecified atom stereocenters. The van der Waals surface area contributed by atoms with Gasteiger partial charge in [-0.25, -0.2) is 0 Å². The van der Waals surface area contributed by atoms with Crippen molar-refractivity contribution in [3.05, 3.63) is 23.5 Å². The summed E-state index contributed by atoms with van der Waals surface area (Å²) in [5, 5.41) is 14.6. The van der Waals surface area contributed by atoms with Crippen LogP contribution in [-0.4, -0.2) is 33.1 Å². The van der Waals surface area contributed by atoms with Gasteiger partial charge in [0, 0.05) is 5.70 Å². The Morgan fingerprint density at radius 1 is 1.53 bits per heavy atom. The number of rotatable bonds is 2. The van der Waals surface area contributed by atoms with E-state index in [4.69, 9.17) is 16.3 Å². The first-order chi connectivity index (χ1) is 9.15. The summed E-state index contributed by atoms with van der Waals surface area (Å²) in [5.41, 5.74) is 5.30. The summed E-state index contributed by atoms with van der Waals surface area (Å²) in [6.45, 7) is 0. The van der Waals surface area contributed by atoms with E-state index in [1.54, 1.807) is 0 Å². The number of hydrazine groups is 1. The van der Waals surface area contributed by atoms with Crippen LogP contribution in [0.15, 0.2) is 23.5 Å². The highest BCUT2D eigenvalue weighted by Gasteiger charge is 2.37. The third-order valence-electron chi connectivity index (χ3n) is 3.59. The number of allylic oxidation sites excluding steroid dienone is 2. The average Bonchev–Trinajstić information content (AvgIpc) is 2.78. The SMILES string of the molecule is O[C@@H]1NN2C(C(Br)C3=CN[C@@H](Cl)CC3)=CCC[C@@H]2O1. The minimum atomic E-state index is -0.920. The predicted molar refractivity (Wildman–Crippen MR) is 76.0 cm³/mol. The van der Waals surface area contributed by atoms with Crippen LogP contribution in [0.4, 0.5) is 0 Å². The van der Waals surface area contributed by atoms with Crippen LogP contribution in [0.25, 0.3) is 0 Å². The molecule has 0 amide bonds. The Morgan fingerprint density at radius 3 is 3.11 bits per heavy atom. The van der Waals surface area contributed by atoms with Gasteiger partial charge >= 0.3 is 0 Å². The lowest BCUT2D eigenvalue weighted by atomic mass is 10.0. The van der Waals surface area contributed by atoms with Crippen LogP contribution in [0.2, 0.25) is 0 Å². The average molecular weight is 351 g/mol. The zero-order valence-corrected chi connectivity index (χ0v) is 12.7. The summed E-state index contributed by atoms with van der Waals surface area (Å²) in [6.07, 6.45) is 6.86. The van der Waals surface area contributed by atoms with E-state index < -0.39 is 6.41 Å². The van der Waals surface area contributed by atoms with E-state index in [9.17, 15) is 5.11 Å². The molecular weight excluding hydrogens is 334 g/mol. The molecular formula is C12H17BrClN3O2. The minimum absolute atomic E-state index is 0.0200. The first kappa shape index (κ1) is 13.7. The summed E-state index contributed by atoms with van der Waals surface area (Å²) in [6, 6.07) is 0. The Balaban J connectivity index is 1.75. The molecule has 106 valence electrons. The Labute approximate surface area is 125 Å². The van der Waals surface area contributed by atoms with Crippen molar-refractivity contribution in [2.45, 2.75) is 48.7 Å². The number of ether oxygens (including phenoxy) is 1. The molecule has 3 heterocycles. The van der Waals surface area contributed by atoms with Gasteiger partial charge < -0.3 is 15.2 Å². The van der Waals surface area contributed by atoms with Crippen molar-refractivity contribution in [3.63, 3.8) is 0 Å². The monoisotopic (exact) mass is 349 g/mol. The fourth-order valence-electron chi connectivity index (χ4n) is 2.61. The number of aliphatic hydroxyl groups excluding tert-OH is 1. The van der Waals surface area contributed by atoms with Crippen molar-refractivity contribution < 1.29 is 9.84 Å². The molecule has 3 rings (SSSR count). The van der Waals surface area contributed by atoms with E-state index in [2.05, 4.69) is 32.7 Å². The zero-order chi connectivity index (χ0) is 13.4. The highest BCUT2D eigenvalue weighted by atomic mass is 79.9. The van der Waals surface area contributed by atoms with Crippen LogP contribution < -0.4 is 10.7 Å². The summed E-state index contributed by atoms with van der Waals surface area (Å²) < 4.78 is 5.40. The summed E-state index contributed by atoms with van der Waals surface area (Å²) >= 11 is 9.76. The Kier molecular flexibility index (Phi) is 4.05. The number of nitrogens with zero attached hydrogens (tertiary/aromatic N) is 1. The first-order valence-electron chi connectivity index (χ1n) is 6.47. The van der Waals surface area contributed by atoms with Gasteiger partial charge in [-0.3, -0.25) is 5.01 Å². The van der Waals surface area contributed by atoms with Gasteiger partial charge in [-0.15, -0.1) is 0 Å². The molecule has 3 aliphatic heterocycles. The number of halogens is 2.